The van der Waals surface area contributed by atoms with E-state index in [9.17, 15) is 14.4 Å². The molecule has 1 aromatic heterocycles. The number of rotatable bonds is 8. The van der Waals surface area contributed by atoms with Crippen molar-refractivity contribution in [1.82, 2.24) is 14.8 Å². The Kier molecular flexibility index (Phi) is 7.67. The van der Waals surface area contributed by atoms with E-state index in [1.165, 1.54) is 0 Å². The summed E-state index contributed by atoms with van der Waals surface area (Å²) in [5.41, 5.74) is 1.16. The molecule has 9 heteroatoms. The van der Waals surface area contributed by atoms with Gasteiger partial charge in [-0.05, 0) is 56.6 Å². The zero-order chi connectivity index (χ0) is 23.2. The number of carbonyl (C=O) groups excluding carboxylic acids is 2. The molecule has 4 heterocycles. The fraction of sp³-hybridized carbons (Fsp3) is 0.667. The van der Waals surface area contributed by atoms with Gasteiger partial charge in [-0.25, -0.2) is 4.79 Å². The van der Waals surface area contributed by atoms with Gasteiger partial charge < -0.3 is 24.5 Å². The first-order chi connectivity index (χ1) is 16.0. The van der Waals surface area contributed by atoms with Gasteiger partial charge in [0, 0.05) is 63.1 Å². The Bertz CT molecular complexity index is 827. The second-order valence-corrected chi connectivity index (χ2v) is 9.42. The predicted molar refractivity (Wildman–Crippen MR) is 122 cm³/mol. The standard InChI is InChI=1S/C24H34N4O5/c29-22(27-12-2-3-18(16-27)15-23(30)31)5-1-4-21-17-28(24(32)33-21)20-8-13-26(14-9-20)19-6-10-25-11-7-19/h6-7,10-11,18,20-21H,1-5,8-9,12-17H2,(H,30,31). The van der Waals surface area contributed by atoms with Gasteiger partial charge in [-0.15, -0.1) is 0 Å². The van der Waals surface area contributed by atoms with E-state index in [0.717, 1.165) is 44.5 Å². The number of piperidine rings is 2. The monoisotopic (exact) mass is 458 g/mol. The highest BCUT2D eigenvalue weighted by molar-refractivity contribution is 5.76. The maximum atomic E-state index is 12.6. The van der Waals surface area contributed by atoms with Crippen molar-refractivity contribution in [3.63, 3.8) is 0 Å². The van der Waals surface area contributed by atoms with Gasteiger partial charge in [0.15, 0.2) is 0 Å². The number of aromatic nitrogens is 1. The van der Waals surface area contributed by atoms with Gasteiger partial charge in [0.2, 0.25) is 5.91 Å². The lowest BCUT2D eigenvalue weighted by atomic mass is 9.94. The molecule has 0 aromatic carbocycles. The van der Waals surface area contributed by atoms with Crippen LogP contribution < -0.4 is 4.90 Å². The van der Waals surface area contributed by atoms with Crippen LogP contribution in [-0.2, 0) is 14.3 Å². The van der Waals surface area contributed by atoms with Crippen LogP contribution >= 0.6 is 0 Å². The Labute approximate surface area is 194 Å². The lowest BCUT2D eigenvalue weighted by molar-refractivity contribution is -0.140. The second-order valence-electron chi connectivity index (χ2n) is 9.42. The lowest BCUT2D eigenvalue weighted by Gasteiger charge is -2.36. The third-order valence-corrected chi connectivity index (χ3v) is 7.09. The summed E-state index contributed by atoms with van der Waals surface area (Å²) in [6, 6.07) is 4.22. The van der Waals surface area contributed by atoms with E-state index in [1.807, 2.05) is 17.0 Å². The van der Waals surface area contributed by atoms with Crippen LogP contribution in [0.2, 0.25) is 0 Å². The lowest BCUT2D eigenvalue weighted by Crippen LogP contribution is -2.45. The average molecular weight is 459 g/mol. The molecule has 180 valence electrons. The van der Waals surface area contributed by atoms with E-state index >= 15 is 0 Å². The smallest absolute Gasteiger partial charge is 0.410 e. The molecule has 0 radical (unpaired) electrons. The summed E-state index contributed by atoms with van der Waals surface area (Å²) in [5.74, 6) is -0.672. The number of nitrogens with zero attached hydrogens (tertiary/aromatic N) is 4. The zero-order valence-corrected chi connectivity index (χ0v) is 19.1. The fourth-order valence-corrected chi connectivity index (χ4v) is 5.32. The number of likely N-dealkylation sites (tertiary alicyclic amines) is 1. The zero-order valence-electron chi connectivity index (χ0n) is 19.1. The fourth-order valence-electron chi connectivity index (χ4n) is 5.32. The predicted octanol–water partition coefficient (Wildman–Crippen LogP) is 2.75. The summed E-state index contributed by atoms with van der Waals surface area (Å²) in [4.78, 5) is 46.1. The minimum absolute atomic E-state index is 0.0505. The van der Waals surface area contributed by atoms with E-state index in [1.54, 1.807) is 17.3 Å². The molecule has 9 nitrogen and oxygen atoms in total. The van der Waals surface area contributed by atoms with Crippen LogP contribution in [0.15, 0.2) is 24.5 Å². The minimum Gasteiger partial charge on any atom is -0.481 e. The van der Waals surface area contributed by atoms with Crippen LogP contribution in [-0.4, -0.2) is 82.7 Å². The third-order valence-electron chi connectivity index (χ3n) is 7.09. The molecule has 1 N–H and O–H groups in total. The largest absolute Gasteiger partial charge is 0.481 e. The maximum absolute atomic E-state index is 12.6. The second kappa shape index (κ2) is 10.9. The maximum Gasteiger partial charge on any atom is 0.410 e. The number of hydrogen-bond donors (Lipinski definition) is 1. The van der Waals surface area contributed by atoms with Crippen molar-refractivity contribution in [3.8, 4) is 0 Å². The van der Waals surface area contributed by atoms with E-state index in [2.05, 4.69) is 9.88 Å². The molecule has 0 spiro atoms. The van der Waals surface area contributed by atoms with Crippen molar-refractivity contribution in [2.75, 3.05) is 37.6 Å². The molecule has 3 saturated heterocycles. The molecule has 2 unspecified atom stereocenters. The molecule has 3 aliphatic heterocycles. The molecule has 33 heavy (non-hydrogen) atoms. The Morgan fingerprint density at radius 3 is 2.58 bits per heavy atom. The van der Waals surface area contributed by atoms with Gasteiger partial charge in [-0.1, -0.05) is 0 Å². The highest BCUT2D eigenvalue weighted by Crippen LogP contribution is 2.27. The van der Waals surface area contributed by atoms with Crippen molar-refractivity contribution < 1.29 is 24.2 Å². The molecule has 1 aromatic rings. The van der Waals surface area contributed by atoms with Crippen LogP contribution in [0.5, 0.6) is 0 Å². The summed E-state index contributed by atoms with van der Waals surface area (Å²) in [7, 11) is 0. The number of pyridine rings is 1. The van der Waals surface area contributed by atoms with Gasteiger partial charge in [0.25, 0.3) is 0 Å². The van der Waals surface area contributed by atoms with E-state index in [-0.39, 0.29) is 36.5 Å². The molecule has 0 aliphatic carbocycles. The highest BCUT2D eigenvalue weighted by atomic mass is 16.6. The van der Waals surface area contributed by atoms with Crippen molar-refractivity contribution in [2.45, 2.75) is 63.5 Å². The van der Waals surface area contributed by atoms with Crippen molar-refractivity contribution >= 4 is 23.7 Å². The molecule has 3 fully saturated rings. The summed E-state index contributed by atoms with van der Waals surface area (Å²) >= 11 is 0. The Morgan fingerprint density at radius 1 is 1.09 bits per heavy atom. The molecule has 0 saturated carbocycles. The first-order valence-electron chi connectivity index (χ1n) is 12.1. The van der Waals surface area contributed by atoms with Gasteiger partial charge in [-0.2, -0.15) is 0 Å². The van der Waals surface area contributed by atoms with Gasteiger partial charge in [-0.3, -0.25) is 14.6 Å². The number of amides is 2. The van der Waals surface area contributed by atoms with Crippen LogP contribution in [0.4, 0.5) is 10.5 Å². The number of aliphatic carboxylic acids is 1. The van der Waals surface area contributed by atoms with Crippen molar-refractivity contribution in [3.05, 3.63) is 24.5 Å². The Morgan fingerprint density at radius 2 is 1.85 bits per heavy atom. The number of hydrogen-bond acceptors (Lipinski definition) is 6. The van der Waals surface area contributed by atoms with Gasteiger partial charge >= 0.3 is 12.1 Å². The molecule has 4 rings (SSSR count). The van der Waals surface area contributed by atoms with Crippen LogP contribution in [0.3, 0.4) is 0 Å². The van der Waals surface area contributed by atoms with E-state index < -0.39 is 5.97 Å². The van der Waals surface area contributed by atoms with Gasteiger partial charge in [0.1, 0.15) is 6.10 Å². The van der Waals surface area contributed by atoms with Crippen LogP contribution in [0, 0.1) is 5.92 Å². The quantitative estimate of drug-likeness (QED) is 0.639. The summed E-state index contributed by atoms with van der Waals surface area (Å²) in [5, 5.41) is 9.00. The molecule has 3 aliphatic rings. The Hall–Kier alpha value is -2.84. The first-order valence-corrected chi connectivity index (χ1v) is 12.1. The number of carboxylic acid groups (broad SMARTS) is 1. The van der Waals surface area contributed by atoms with E-state index in [4.69, 9.17) is 9.84 Å². The molecule has 0 bridgehead atoms. The van der Waals surface area contributed by atoms with Crippen molar-refractivity contribution in [2.24, 2.45) is 5.92 Å². The minimum atomic E-state index is -0.801. The van der Waals surface area contributed by atoms with E-state index in [0.29, 0.717) is 38.9 Å². The molecular formula is C24H34N4O5. The van der Waals surface area contributed by atoms with Crippen LogP contribution in [0.1, 0.15) is 51.4 Å². The number of carboxylic acids is 1. The number of cyclic esters (lactones) is 1. The normalized spacial score (nSPS) is 24.1. The average Bonchev–Trinajstić information content (AvgIpc) is 3.19. The first kappa shape index (κ1) is 23.3. The van der Waals surface area contributed by atoms with Gasteiger partial charge in [0.05, 0.1) is 6.54 Å². The molecular weight excluding hydrogens is 424 g/mol. The Balaban J connectivity index is 1.17. The molecule has 2 amide bonds. The third kappa shape index (κ3) is 6.15. The highest BCUT2D eigenvalue weighted by Gasteiger charge is 2.37. The summed E-state index contributed by atoms with van der Waals surface area (Å²) < 4.78 is 5.60. The van der Waals surface area contributed by atoms with Crippen LogP contribution in [0.25, 0.3) is 0 Å². The summed E-state index contributed by atoms with van der Waals surface area (Å²) in [6.07, 6.45) is 8.64. The number of anilines is 1. The SMILES string of the molecule is O=C(O)CC1CCCN(C(=O)CCCC2CN(C3CCN(c4ccncc4)CC3)C(=O)O2)C1. The molecule has 2 atom stereocenters. The van der Waals surface area contributed by atoms with Crippen molar-refractivity contribution in [1.29, 1.82) is 0 Å². The number of carbonyl (C=O) groups is 3. The topological polar surface area (TPSA) is 103 Å². The summed E-state index contributed by atoms with van der Waals surface area (Å²) in [6.45, 7) is 3.64. The number of ether oxygens (including phenoxy) is 1.